The van der Waals surface area contributed by atoms with E-state index in [-0.39, 0.29) is 43.3 Å². The van der Waals surface area contributed by atoms with E-state index in [0.717, 1.165) is 0 Å². The van der Waals surface area contributed by atoms with Gasteiger partial charge in [-0.25, -0.2) is 9.59 Å². The van der Waals surface area contributed by atoms with Crippen molar-refractivity contribution in [2.75, 3.05) is 10.6 Å². The van der Waals surface area contributed by atoms with Crippen molar-refractivity contribution < 1.29 is 38.1 Å². The van der Waals surface area contributed by atoms with Crippen LogP contribution in [0.25, 0.3) is 0 Å². The zero-order valence-electron chi connectivity index (χ0n) is 27.6. The molecule has 2 amide bonds. The summed E-state index contributed by atoms with van der Waals surface area (Å²) >= 11 is 0. The molecule has 2 unspecified atom stereocenters. The SMILES string of the molecule is CC(C)OC(=O)Nc1cccc(OC(=O)CCC(C)(C#N)/N=N/C(C)(C#N)CCC(=O)Oc2cccc(NC(=O)OC(C)(C)C)c2)c1. The number of nitrogens with one attached hydrogen (secondary N) is 2. The minimum atomic E-state index is -1.47. The van der Waals surface area contributed by atoms with Gasteiger partial charge in [-0.1, -0.05) is 12.1 Å². The topological polar surface area (TPSA) is 202 Å². The Kier molecular flexibility index (Phi) is 13.4. The van der Waals surface area contributed by atoms with Crippen LogP contribution in [0.15, 0.2) is 58.8 Å². The van der Waals surface area contributed by atoms with Crippen molar-refractivity contribution in [3.05, 3.63) is 48.5 Å². The van der Waals surface area contributed by atoms with Crippen molar-refractivity contribution in [2.24, 2.45) is 10.2 Å². The van der Waals surface area contributed by atoms with Gasteiger partial charge in [0.1, 0.15) is 17.1 Å². The van der Waals surface area contributed by atoms with Gasteiger partial charge in [0.25, 0.3) is 0 Å². The Morgan fingerprint density at radius 3 is 1.55 bits per heavy atom. The van der Waals surface area contributed by atoms with E-state index in [1.165, 1.54) is 38.1 Å². The Labute approximate surface area is 274 Å². The normalized spacial score (nSPS) is 13.7. The van der Waals surface area contributed by atoms with Gasteiger partial charge < -0.3 is 18.9 Å². The van der Waals surface area contributed by atoms with Gasteiger partial charge in [-0.2, -0.15) is 20.8 Å². The maximum atomic E-state index is 12.6. The second-order valence-electron chi connectivity index (χ2n) is 12.2. The molecule has 14 heteroatoms. The lowest BCUT2D eigenvalue weighted by Crippen LogP contribution is -2.27. The van der Waals surface area contributed by atoms with Gasteiger partial charge in [-0.3, -0.25) is 20.2 Å². The molecule has 0 saturated heterocycles. The van der Waals surface area contributed by atoms with Crippen molar-refractivity contribution >= 4 is 35.5 Å². The molecule has 0 aliphatic carbocycles. The molecule has 0 radical (unpaired) electrons. The van der Waals surface area contributed by atoms with E-state index in [0.29, 0.717) is 11.4 Å². The minimum absolute atomic E-state index is 0.0677. The smallest absolute Gasteiger partial charge is 0.412 e. The number of azo groups is 1. The van der Waals surface area contributed by atoms with E-state index < -0.39 is 40.8 Å². The highest BCUT2D eigenvalue weighted by molar-refractivity contribution is 5.86. The Morgan fingerprint density at radius 1 is 0.745 bits per heavy atom. The molecule has 0 saturated carbocycles. The maximum absolute atomic E-state index is 12.6. The summed E-state index contributed by atoms with van der Waals surface area (Å²) in [5.74, 6) is -0.963. The summed E-state index contributed by atoms with van der Waals surface area (Å²) in [7, 11) is 0. The van der Waals surface area contributed by atoms with Gasteiger partial charge in [0.2, 0.25) is 0 Å². The van der Waals surface area contributed by atoms with Crippen LogP contribution in [0.2, 0.25) is 0 Å². The molecule has 2 aromatic carbocycles. The van der Waals surface area contributed by atoms with Gasteiger partial charge in [-0.05, 0) is 85.6 Å². The highest BCUT2D eigenvalue weighted by Crippen LogP contribution is 2.26. The van der Waals surface area contributed by atoms with E-state index in [1.54, 1.807) is 58.9 Å². The lowest BCUT2D eigenvalue weighted by atomic mass is 9.97. The van der Waals surface area contributed by atoms with Gasteiger partial charge in [0.05, 0.1) is 18.2 Å². The fourth-order valence-electron chi connectivity index (χ4n) is 3.59. The van der Waals surface area contributed by atoms with E-state index >= 15 is 0 Å². The molecule has 2 N–H and O–H groups in total. The Balaban J connectivity index is 1.93. The summed E-state index contributed by atoms with van der Waals surface area (Å²) in [4.78, 5) is 48.9. The zero-order chi connectivity index (χ0) is 35.3. The number of hydrogen-bond donors (Lipinski definition) is 2. The van der Waals surface area contributed by atoms with Crippen LogP contribution >= 0.6 is 0 Å². The van der Waals surface area contributed by atoms with Crippen LogP contribution in [-0.2, 0) is 19.1 Å². The minimum Gasteiger partial charge on any atom is -0.447 e. The van der Waals surface area contributed by atoms with Gasteiger partial charge >= 0.3 is 24.1 Å². The number of nitrogens with zero attached hydrogens (tertiary/aromatic N) is 4. The summed E-state index contributed by atoms with van der Waals surface area (Å²) in [5.41, 5.74) is -2.91. The van der Waals surface area contributed by atoms with Crippen LogP contribution in [0.1, 0.15) is 74.1 Å². The highest BCUT2D eigenvalue weighted by atomic mass is 16.6. The third kappa shape index (κ3) is 14.4. The second kappa shape index (κ2) is 16.7. The van der Waals surface area contributed by atoms with Crippen molar-refractivity contribution in [1.29, 1.82) is 10.5 Å². The molecule has 47 heavy (non-hydrogen) atoms. The molecule has 14 nitrogen and oxygen atoms in total. The molecule has 2 rings (SSSR count). The fraction of sp³-hybridized carbons (Fsp3) is 0.455. The van der Waals surface area contributed by atoms with Crippen LogP contribution in [-0.4, -0.2) is 46.9 Å². The molecule has 0 aliphatic heterocycles. The number of hydrogen-bond acceptors (Lipinski definition) is 12. The van der Waals surface area contributed by atoms with Gasteiger partial charge in [0.15, 0.2) is 11.1 Å². The summed E-state index contributed by atoms with van der Waals surface area (Å²) < 4.78 is 20.9. The molecule has 0 aliphatic rings. The molecule has 0 aromatic heterocycles. The molecule has 2 atom stereocenters. The van der Waals surface area contributed by atoms with E-state index in [1.807, 2.05) is 12.1 Å². The van der Waals surface area contributed by atoms with Crippen LogP contribution in [0.3, 0.4) is 0 Å². The molecule has 0 heterocycles. The number of amides is 2. The van der Waals surface area contributed by atoms with Crippen molar-refractivity contribution in [3.63, 3.8) is 0 Å². The molecular formula is C33H40N6O8. The summed E-state index contributed by atoms with van der Waals surface area (Å²) in [6.45, 7) is 11.5. The maximum Gasteiger partial charge on any atom is 0.412 e. The Hall–Kier alpha value is -5.50. The first-order valence-corrected chi connectivity index (χ1v) is 14.8. The van der Waals surface area contributed by atoms with Crippen LogP contribution < -0.4 is 20.1 Å². The lowest BCUT2D eigenvalue weighted by molar-refractivity contribution is -0.135. The molecule has 2 aromatic rings. The summed E-state index contributed by atoms with van der Waals surface area (Å²) in [6.07, 6.45) is -2.17. The predicted octanol–water partition coefficient (Wildman–Crippen LogP) is 7.08. The number of nitriles is 2. The lowest BCUT2D eigenvalue weighted by Gasteiger charge is -2.20. The summed E-state index contributed by atoms with van der Waals surface area (Å²) in [6, 6.07) is 16.3. The van der Waals surface area contributed by atoms with Crippen LogP contribution in [0, 0.1) is 22.7 Å². The molecule has 0 fully saturated rings. The quantitative estimate of drug-likeness (QED) is 0.128. The number of carbonyl (C=O) groups is 4. The van der Waals surface area contributed by atoms with Crippen LogP contribution in [0.5, 0.6) is 11.5 Å². The first-order valence-electron chi connectivity index (χ1n) is 14.8. The Morgan fingerprint density at radius 2 is 1.17 bits per heavy atom. The molecule has 0 spiro atoms. The van der Waals surface area contributed by atoms with Crippen molar-refractivity contribution in [2.45, 2.75) is 96.9 Å². The number of ether oxygens (including phenoxy) is 4. The molecule has 0 bridgehead atoms. The Bertz CT molecular complexity index is 1560. The first kappa shape index (κ1) is 37.7. The van der Waals surface area contributed by atoms with Gasteiger partial charge in [-0.15, -0.1) is 0 Å². The van der Waals surface area contributed by atoms with Gasteiger partial charge in [0, 0.05) is 36.3 Å². The monoisotopic (exact) mass is 648 g/mol. The van der Waals surface area contributed by atoms with Crippen molar-refractivity contribution in [1.82, 2.24) is 0 Å². The number of benzene rings is 2. The molecular weight excluding hydrogens is 608 g/mol. The highest BCUT2D eigenvalue weighted by Gasteiger charge is 2.30. The van der Waals surface area contributed by atoms with E-state index in [2.05, 4.69) is 20.9 Å². The number of anilines is 2. The second-order valence-corrected chi connectivity index (χ2v) is 12.2. The number of rotatable bonds is 13. The van der Waals surface area contributed by atoms with E-state index in [9.17, 15) is 29.7 Å². The average molecular weight is 649 g/mol. The largest absolute Gasteiger partial charge is 0.447 e. The zero-order valence-corrected chi connectivity index (χ0v) is 27.6. The number of carbonyl (C=O) groups excluding carboxylic acids is 4. The standard InChI is InChI=1S/C33H40N6O8/c1-22(2)44-29(42)36-23-10-8-12-25(18-23)45-27(40)14-16-32(6,20-34)38-39-33(7,21-35)17-15-28(41)46-26-13-9-11-24(19-26)37-30(43)47-31(3,4)5/h8-13,18-19,22H,14-17H2,1-7H3,(H,36,42)(H,37,43)/b39-38+. The third-order valence-electron chi connectivity index (χ3n) is 5.97. The average Bonchev–Trinajstić information content (AvgIpc) is 2.97. The van der Waals surface area contributed by atoms with E-state index in [4.69, 9.17) is 18.9 Å². The van der Waals surface area contributed by atoms with Crippen molar-refractivity contribution in [3.8, 4) is 23.6 Å². The molecule has 250 valence electrons. The first-order chi connectivity index (χ1) is 21.9. The third-order valence-corrected chi connectivity index (χ3v) is 5.97. The fourth-order valence-corrected chi connectivity index (χ4v) is 3.59. The predicted molar refractivity (Wildman–Crippen MR) is 171 cm³/mol. The van der Waals surface area contributed by atoms with Crippen LogP contribution in [0.4, 0.5) is 21.0 Å². The summed E-state index contributed by atoms with van der Waals surface area (Å²) in [5, 5.41) is 32.7. The number of esters is 2.